The van der Waals surface area contributed by atoms with Crippen LogP contribution < -0.4 is 0 Å². The number of rotatable bonds is 3. The summed E-state index contributed by atoms with van der Waals surface area (Å²) in [6.07, 6.45) is -0.534. The third-order valence-corrected chi connectivity index (χ3v) is 1.13. The highest BCUT2D eigenvalue weighted by molar-refractivity contribution is 5.69. The number of carbonyl (C=O) groups is 1. The van der Waals surface area contributed by atoms with Crippen LogP contribution in [0.4, 0.5) is 0 Å². The van der Waals surface area contributed by atoms with Gasteiger partial charge in [0.1, 0.15) is 0 Å². The van der Waals surface area contributed by atoms with Crippen LogP contribution in [0.2, 0.25) is 0 Å². The van der Waals surface area contributed by atoms with Crippen LogP contribution in [0.15, 0.2) is 0 Å². The maximum absolute atomic E-state index is 10.9. The Morgan fingerprint density at radius 1 is 1.50 bits per heavy atom. The molecule has 0 bridgehead atoms. The standard InChI is InChI=1S/C9H18O3/c1-7(10)5-8(11)12-6-9(2,3)4/h7,10H,5-6H2,1-4H3. The molecule has 1 N–H and O–H groups in total. The molecular formula is C9H18O3. The zero-order valence-corrected chi connectivity index (χ0v) is 8.26. The molecule has 0 aliphatic carbocycles. The molecule has 0 aromatic rings. The average molecular weight is 174 g/mol. The van der Waals surface area contributed by atoms with Crippen molar-refractivity contribution in [1.82, 2.24) is 0 Å². The first kappa shape index (κ1) is 11.4. The van der Waals surface area contributed by atoms with Gasteiger partial charge in [0.05, 0.1) is 19.1 Å². The van der Waals surface area contributed by atoms with Gasteiger partial charge in [-0.25, -0.2) is 0 Å². The maximum atomic E-state index is 10.9. The van der Waals surface area contributed by atoms with Crippen molar-refractivity contribution in [2.24, 2.45) is 5.41 Å². The normalized spacial score (nSPS) is 14.1. The molecule has 0 rings (SSSR count). The molecule has 0 radical (unpaired) electrons. The van der Waals surface area contributed by atoms with Gasteiger partial charge in [-0.2, -0.15) is 0 Å². The maximum Gasteiger partial charge on any atom is 0.308 e. The van der Waals surface area contributed by atoms with Crippen LogP contribution in [0.25, 0.3) is 0 Å². The molecule has 12 heavy (non-hydrogen) atoms. The summed E-state index contributed by atoms with van der Waals surface area (Å²) in [7, 11) is 0. The Labute approximate surface area is 73.7 Å². The van der Waals surface area contributed by atoms with Crippen LogP contribution in [0.3, 0.4) is 0 Å². The highest BCUT2D eigenvalue weighted by atomic mass is 16.5. The smallest absolute Gasteiger partial charge is 0.308 e. The Morgan fingerprint density at radius 3 is 2.33 bits per heavy atom. The molecule has 0 saturated heterocycles. The van der Waals surface area contributed by atoms with Crippen molar-refractivity contribution in [3.05, 3.63) is 0 Å². The van der Waals surface area contributed by atoms with Crippen molar-refractivity contribution in [1.29, 1.82) is 0 Å². The summed E-state index contributed by atoms with van der Waals surface area (Å²) in [4.78, 5) is 10.9. The van der Waals surface area contributed by atoms with Crippen LogP contribution in [-0.4, -0.2) is 23.8 Å². The van der Waals surface area contributed by atoms with E-state index in [1.165, 1.54) is 0 Å². The van der Waals surface area contributed by atoms with Crippen molar-refractivity contribution < 1.29 is 14.6 Å². The molecule has 0 aliphatic rings. The summed E-state index contributed by atoms with van der Waals surface area (Å²) in [6, 6.07) is 0. The Balaban J connectivity index is 3.58. The number of aliphatic hydroxyl groups is 1. The quantitative estimate of drug-likeness (QED) is 0.657. The fourth-order valence-electron chi connectivity index (χ4n) is 0.597. The highest BCUT2D eigenvalue weighted by Crippen LogP contribution is 2.13. The van der Waals surface area contributed by atoms with Gasteiger partial charge in [0, 0.05) is 0 Å². The molecule has 0 aliphatic heterocycles. The van der Waals surface area contributed by atoms with Gasteiger partial charge in [0.15, 0.2) is 0 Å². The van der Waals surface area contributed by atoms with E-state index in [4.69, 9.17) is 9.84 Å². The van der Waals surface area contributed by atoms with Crippen molar-refractivity contribution in [3.63, 3.8) is 0 Å². The van der Waals surface area contributed by atoms with Gasteiger partial charge in [0.2, 0.25) is 0 Å². The second-order valence-corrected chi connectivity index (χ2v) is 4.27. The van der Waals surface area contributed by atoms with E-state index in [9.17, 15) is 4.79 Å². The molecule has 0 amide bonds. The molecule has 0 spiro atoms. The molecule has 0 saturated carbocycles. The van der Waals surface area contributed by atoms with E-state index >= 15 is 0 Å². The zero-order valence-electron chi connectivity index (χ0n) is 8.26. The van der Waals surface area contributed by atoms with Gasteiger partial charge < -0.3 is 9.84 Å². The summed E-state index contributed by atoms with van der Waals surface area (Å²) in [5.74, 6) is -0.333. The lowest BCUT2D eigenvalue weighted by molar-refractivity contribution is -0.148. The Morgan fingerprint density at radius 2 is 2.00 bits per heavy atom. The number of carbonyl (C=O) groups excluding carboxylic acids is 1. The highest BCUT2D eigenvalue weighted by Gasteiger charge is 2.14. The lowest BCUT2D eigenvalue weighted by Gasteiger charge is -2.17. The van der Waals surface area contributed by atoms with Gasteiger partial charge in [0.25, 0.3) is 0 Å². The third kappa shape index (κ3) is 7.54. The van der Waals surface area contributed by atoms with Crippen molar-refractivity contribution in [2.75, 3.05) is 6.61 Å². The molecule has 72 valence electrons. The minimum absolute atomic E-state index is 0.00560. The Hall–Kier alpha value is -0.570. The van der Waals surface area contributed by atoms with Gasteiger partial charge in [-0.1, -0.05) is 20.8 Å². The van der Waals surface area contributed by atoms with Gasteiger partial charge in [-0.15, -0.1) is 0 Å². The molecule has 3 nitrogen and oxygen atoms in total. The second-order valence-electron chi connectivity index (χ2n) is 4.27. The first-order valence-corrected chi connectivity index (χ1v) is 4.15. The molecule has 1 atom stereocenters. The van der Waals surface area contributed by atoms with E-state index in [2.05, 4.69) is 0 Å². The summed E-state index contributed by atoms with van der Waals surface area (Å²) < 4.78 is 4.92. The summed E-state index contributed by atoms with van der Waals surface area (Å²) >= 11 is 0. The van der Waals surface area contributed by atoms with Gasteiger partial charge in [-0.05, 0) is 12.3 Å². The van der Waals surface area contributed by atoms with Crippen LogP contribution in [0.5, 0.6) is 0 Å². The van der Waals surface area contributed by atoms with Crippen LogP contribution in [0, 0.1) is 5.41 Å². The van der Waals surface area contributed by atoms with E-state index in [-0.39, 0.29) is 17.8 Å². The predicted octanol–water partition coefficient (Wildman–Crippen LogP) is 1.35. The monoisotopic (exact) mass is 174 g/mol. The minimum Gasteiger partial charge on any atom is -0.465 e. The van der Waals surface area contributed by atoms with Gasteiger partial charge in [-0.3, -0.25) is 4.79 Å². The Kier molecular flexibility index (Phi) is 4.24. The number of aliphatic hydroxyl groups excluding tert-OH is 1. The number of hydrogen-bond acceptors (Lipinski definition) is 3. The van der Waals surface area contributed by atoms with E-state index in [1.54, 1.807) is 6.92 Å². The van der Waals surface area contributed by atoms with E-state index in [0.717, 1.165) is 0 Å². The van der Waals surface area contributed by atoms with Gasteiger partial charge >= 0.3 is 5.97 Å². The van der Waals surface area contributed by atoms with E-state index in [1.807, 2.05) is 20.8 Å². The third-order valence-electron chi connectivity index (χ3n) is 1.13. The lowest BCUT2D eigenvalue weighted by atomic mass is 9.99. The fraction of sp³-hybridized carbons (Fsp3) is 0.889. The van der Waals surface area contributed by atoms with Crippen molar-refractivity contribution >= 4 is 5.97 Å². The van der Waals surface area contributed by atoms with E-state index in [0.29, 0.717) is 6.61 Å². The molecule has 0 fully saturated rings. The minimum atomic E-state index is -0.613. The summed E-state index contributed by atoms with van der Waals surface area (Å²) in [6.45, 7) is 7.94. The fourth-order valence-corrected chi connectivity index (χ4v) is 0.597. The average Bonchev–Trinajstić information content (AvgIpc) is 1.80. The van der Waals surface area contributed by atoms with E-state index < -0.39 is 6.10 Å². The summed E-state index contributed by atoms with van der Waals surface area (Å²) in [5, 5.41) is 8.85. The van der Waals surface area contributed by atoms with Crippen LogP contribution in [-0.2, 0) is 9.53 Å². The zero-order chi connectivity index (χ0) is 9.78. The lowest BCUT2D eigenvalue weighted by Crippen LogP contribution is -2.20. The number of ether oxygens (including phenoxy) is 1. The van der Waals surface area contributed by atoms with Crippen molar-refractivity contribution in [3.8, 4) is 0 Å². The topological polar surface area (TPSA) is 46.5 Å². The molecular weight excluding hydrogens is 156 g/mol. The summed E-state index contributed by atoms with van der Waals surface area (Å²) in [5.41, 5.74) is -0.00560. The first-order chi connectivity index (χ1) is 5.31. The largest absolute Gasteiger partial charge is 0.465 e. The number of hydrogen-bond donors (Lipinski definition) is 1. The predicted molar refractivity (Wildman–Crippen MR) is 46.7 cm³/mol. The molecule has 0 aromatic heterocycles. The number of esters is 1. The van der Waals surface area contributed by atoms with Crippen LogP contribution in [0.1, 0.15) is 34.1 Å². The van der Waals surface area contributed by atoms with Crippen LogP contribution >= 0.6 is 0 Å². The Bertz CT molecular complexity index is 144. The van der Waals surface area contributed by atoms with Crippen molar-refractivity contribution in [2.45, 2.75) is 40.2 Å². The first-order valence-electron chi connectivity index (χ1n) is 4.15. The molecule has 0 heterocycles. The molecule has 0 aromatic carbocycles. The SMILES string of the molecule is CC(O)CC(=O)OCC(C)(C)C. The molecule has 3 heteroatoms. The second kappa shape index (κ2) is 4.45. The molecule has 1 unspecified atom stereocenters.